The molecule has 2 aliphatic rings. The van der Waals surface area contributed by atoms with Crippen molar-refractivity contribution in [1.29, 1.82) is 0 Å². The largest absolute Gasteiger partial charge is 0.497 e. The van der Waals surface area contributed by atoms with E-state index in [4.69, 9.17) is 4.74 Å². The van der Waals surface area contributed by atoms with Gasteiger partial charge in [-0.2, -0.15) is 0 Å². The lowest BCUT2D eigenvalue weighted by molar-refractivity contribution is -0.146. The summed E-state index contributed by atoms with van der Waals surface area (Å²) in [6.07, 6.45) is 3.18. The van der Waals surface area contributed by atoms with E-state index in [0.717, 1.165) is 30.6 Å². The van der Waals surface area contributed by atoms with Crippen molar-refractivity contribution in [3.63, 3.8) is 0 Å². The van der Waals surface area contributed by atoms with Crippen molar-refractivity contribution in [1.82, 2.24) is 9.80 Å². The number of carbonyl (C=O) groups excluding carboxylic acids is 2. The molecule has 1 saturated heterocycles. The van der Waals surface area contributed by atoms with Crippen LogP contribution in [0.15, 0.2) is 24.3 Å². The van der Waals surface area contributed by atoms with Crippen molar-refractivity contribution in [2.24, 2.45) is 5.92 Å². The Morgan fingerprint density at radius 2 is 1.83 bits per heavy atom. The minimum Gasteiger partial charge on any atom is -0.497 e. The Morgan fingerprint density at radius 3 is 2.35 bits per heavy atom. The molecule has 1 atom stereocenters. The van der Waals surface area contributed by atoms with E-state index in [1.165, 1.54) is 0 Å². The monoisotopic (exact) mass is 316 g/mol. The second-order valence-electron chi connectivity index (χ2n) is 6.41. The van der Waals surface area contributed by atoms with Crippen molar-refractivity contribution >= 4 is 11.8 Å². The fraction of sp³-hybridized carbons (Fsp3) is 0.556. The number of ether oxygens (including phenoxy) is 1. The van der Waals surface area contributed by atoms with Gasteiger partial charge in [-0.1, -0.05) is 18.6 Å². The smallest absolute Gasteiger partial charge is 0.225 e. The van der Waals surface area contributed by atoms with Gasteiger partial charge in [0.15, 0.2) is 0 Å². The van der Waals surface area contributed by atoms with Gasteiger partial charge in [0, 0.05) is 32.5 Å². The molecule has 1 heterocycles. The number of benzene rings is 1. The molecule has 0 spiro atoms. The maximum absolute atomic E-state index is 12.5. The van der Waals surface area contributed by atoms with Crippen LogP contribution in [0.2, 0.25) is 0 Å². The van der Waals surface area contributed by atoms with Gasteiger partial charge in [-0.3, -0.25) is 9.59 Å². The molecule has 0 bridgehead atoms. The molecule has 124 valence electrons. The summed E-state index contributed by atoms with van der Waals surface area (Å²) in [7, 11) is 1.64. The number of amides is 2. The Labute approximate surface area is 137 Å². The van der Waals surface area contributed by atoms with Gasteiger partial charge in [-0.25, -0.2) is 0 Å². The van der Waals surface area contributed by atoms with E-state index < -0.39 is 0 Å². The van der Waals surface area contributed by atoms with E-state index in [9.17, 15) is 9.59 Å². The van der Waals surface area contributed by atoms with E-state index in [1.54, 1.807) is 14.0 Å². The molecule has 2 fully saturated rings. The van der Waals surface area contributed by atoms with Gasteiger partial charge >= 0.3 is 0 Å². The number of carbonyl (C=O) groups is 2. The Kier molecular flexibility index (Phi) is 4.55. The number of hydrogen-bond acceptors (Lipinski definition) is 3. The summed E-state index contributed by atoms with van der Waals surface area (Å²) in [5.74, 6) is 1.32. The predicted octanol–water partition coefficient (Wildman–Crippen LogP) is 2.23. The van der Waals surface area contributed by atoms with Crippen molar-refractivity contribution in [2.45, 2.75) is 32.2 Å². The Morgan fingerprint density at radius 1 is 1.13 bits per heavy atom. The average molecular weight is 316 g/mol. The normalized spacial score (nSPS) is 21.7. The van der Waals surface area contributed by atoms with E-state index in [0.29, 0.717) is 19.6 Å². The molecule has 1 saturated carbocycles. The van der Waals surface area contributed by atoms with Gasteiger partial charge in [-0.15, -0.1) is 0 Å². The maximum Gasteiger partial charge on any atom is 0.225 e. The minimum absolute atomic E-state index is 0.0570. The quantitative estimate of drug-likeness (QED) is 0.859. The van der Waals surface area contributed by atoms with Gasteiger partial charge in [0.1, 0.15) is 5.75 Å². The summed E-state index contributed by atoms with van der Waals surface area (Å²) in [5, 5.41) is 0. The third-order valence-corrected chi connectivity index (χ3v) is 5.05. The maximum atomic E-state index is 12.5. The van der Waals surface area contributed by atoms with E-state index >= 15 is 0 Å². The van der Waals surface area contributed by atoms with Crippen LogP contribution in [0.5, 0.6) is 5.75 Å². The van der Waals surface area contributed by atoms with E-state index in [2.05, 4.69) is 0 Å². The van der Waals surface area contributed by atoms with Crippen LogP contribution in [0.1, 0.15) is 37.8 Å². The summed E-state index contributed by atoms with van der Waals surface area (Å²) in [6, 6.07) is 7.70. The van der Waals surface area contributed by atoms with Crippen LogP contribution in [0.25, 0.3) is 0 Å². The highest BCUT2D eigenvalue weighted by atomic mass is 16.5. The Balaban J connectivity index is 1.79. The van der Waals surface area contributed by atoms with Crippen LogP contribution in [-0.2, 0) is 9.59 Å². The van der Waals surface area contributed by atoms with Crippen LogP contribution >= 0.6 is 0 Å². The molecule has 23 heavy (non-hydrogen) atoms. The molecular formula is C18H24N2O3. The molecule has 5 nitrogen and oxygen atoms in total. The van der Waals surface area contributed by atoms with Gasteiger partial charge in [0.25, 0.3) is 0 Å². The number of methoxy groups -OCH3 is 1. The summed E-state index contributed by atoms with van der Waals surface area (Å²) >= 11 is 0. The number of piperazine rings is 1. The molecule has 5 heteroatoms. The molecule has 1 aromatic carbocycles. The van der Waals surface area contributed by atoms with E-state index in [1.807, 2.05) is 34.1 Å². The lowest BCUT2D eigenvalue weighted by Gasteiger charge is -2.43. The average Bonchev–Trinajstić information content (AvgIpc) is 2.52. The molecular weight excluding hydrogens is 292 g/mol. The fourth-order valence-electron chi connectivity index (χ4n) is 3.38. The van der Waals surface area contributed by atoms with Crippen LogP contribution in [0, 0.1) is 5.92 Å². The molecule has 2 amide bonds. The molecule has 0 unspecified atom stereocenters. The first-order valence-electron chi connectivity index (χ1n) is 8.30. The highest BCUT2D eigenvalue weighted by Crippen LogP contribution is 2.32. The third kappa shape index (κ3) is 3.19. The molecule has 1 aliphatic carbocycles. The van der Waals surface area contributed by atoms with Crippen molar-refractivity contribution in [3.05, 3.63) is 29.8 Å². The standard InChI is InChI=1S/C18H24N2O3/c1-13(21)20-11-10-19(18(22)15-4-3-5-15)12-17(20)14-6-8-16(23-2)9-7-14/h6-9,15,17H,3-5,10-12H2,1-2H3/t17-/m1/s1. The highest BCUT2D eigenvalue weighted by molar-refractivity contribution is 5.80. The zero-order chi connectivity index (χ0) is 16.4. The van der Waals surface area contributed by atoms with E-state index in [-0.39, 0.29) is 23.8 Å². The van der Waals surface area contributed by atoms with Crippen LogP contribution in [0.4, 0.5) is 0 Å². The molecule has 0 N–H and O–H groups in total. The first-order valence-corrected chi connectivity index (χ1v) is 8.30. The number of nitrogens with zero attached hydrogens (tertiary/aromatic N) is 2. The topological polar surface area (TPSA) is 49.9 Å². The van der Waals surface area contributed by atoms with Gasteiger partial charge in [0.2, 0.25) is 11.8 Å². The highest BCUT2D eigenvalue weighted by Gasteiger charge is 2.36. The molecule has 3 rings (SSSR count). The second-order valence-corrected chi connectivity index (χ2v) is 6.41. The molecule has 0 aromatic heterocycles. The van der Waals surface area contributed by atoms with Gasteiger partial charge in [0.05, 0.1) is 13.2 Å². The lowest BCUT2D eigenvalue weighted by atomic mass is 9.84. The number of rotatable bonds is 3. The summed E-state index contributed by atoms with van der Waals surface area (Å²) in [6.45, 7) is 3.42. The zero-order valence-electron chi connectivity index (χ0n) is 13.8. The molecule has 0 radical (unpaired) electrons. The third-order valence-electron chi connectivity index (χ3n) is 5.05. The van der Waals surface area contributed by atoms with Gasteiger partial charge in [-0.05, 0) is 30.5 Å². The molecule has 1 aromatic rings. The van der Waals surface area contributed by atoms with Crippen LogP contribution < -0.4 is 4.74 Å². The van der Waals surface area contributed by atoms with Crippen molar-refractivity contribution < 1.29 is 14.3 Å². The summed E-state index contributed by atoms with van der Waals surface area (Å²) in [4.78, 5) is 28.3. The first kappa shape index (κ1) is 15.8. The minimum atomic E-state index is -0.0730. The van der Waals surface area contributed by atoms with Gasteiger partial charge < -0.3 is 14.5 Å². The SMILES string of the molecule is COc1ccc([C@H]2CN(C(=O)C3CCC3)CCN2C(C)=O)cc1. The predicted molar refractivity (Wildman–Crippen MR) is 87.0 cm³/mol. The summed E-state index contributed by atoms with van der Waals surface area (Å²) in [5.41, 5.74) is 1.05. The lowest BCUT2D eigenvalue weighted by Crippen LogP contribution is -2.53. The molecule has 1 aliphatic heterocycles. The van der Waals surface area contributed by atoms with Crippen LogP contribution in [0.3, 0.4) is 0 Å². The fourth-order valence-corrected chi connectivity index (χ4v) is 3.38. The Hall–Kier alpha value is -2.04. The zero-order valence-corrected chi connectivity index (χ0v) is 13.8. The first-order chi connectivity index (χ1) is 11.1. The van der Waals surface area contributed by atoms with Crippen molar-refractivity contribution in [3.8, 4) is 5.75 Å². The van der Waals surface area contributed by atoms with Crippen LogP contribution in [-0.4, -0.2) is 48.4 Å². The Bertz CT molecular complexity index is 580. The summed E-state index contributed by atoms with van der Waals surface area (Å²) < 4.78 is 5.20. The van der Waals surface area contributed by atoms with Crippen molar-refractivity contribution in [2.75, 3.05) is 26.7 Å². The second kappa shape index (κ2) is 6.60. The number of hydrogen-bond donors (Lipinski definition) is 0.